The summed E-state index contributed by atoms with van der Waals surface area (Å²) in [5, 5.41) is 16.3. The Kier molecular flexibility index (Phi) is 7.39. The quantitative estimate of drug-likeness (QED) is 0.493. The van der Waals surface area contributed by atoms with Crippen LogP contribution < -0.4 is 5.32 Å². The van der Waals surface area contributed by atoms with Crippen LogP contribution in [-0.2, 0) is 17.9 Å². The fourth-order valence-electron chi connectivity index (χ4n) is 3.34. The number of nitrogens with one attached hydrogen (secondary N) is 2. The van der Waals surface area contributed by atoms with E-state index in [1.54, 1.807) is 0 Å². The smallest absolute Gasteiger partial charge is 0.475 e. The lowest BCUT2D eigenvalue weighted by molar-refractivity contribution is -0.192. The fourth-order valence-corrected chi connectivity index (χ4v) is 3.72. The number of benzene rings is 1. The highest BCUT2D eigenvalue weighted by molar-refractivity contribution is 9.10. The normalized spacial score (nSPS) is 15.3. The van der Waals surface area contributed by atoms with Gasteiger partial charge in [0.15, 0.2) is 0 Å². The molecule has 11 heteroatoms. The lowest BCUT2D eigenvalue weighted by atomic mass is 10.2. The third-order valence-electron chi connectivity index (χ3n) is 5.01. The van der Waals surface area contributed by atoms with Gasteiger partial charge in [0.05, 0.1) is 12.2 Å². The minimum Gasteiger partial charge on any atom is -0.475 e. The van der Waals surface area contributed by atoms with Gasteiger partial charge >= 0.3 is 12.1 Å². The summed E-state index contributed by atoms with van der Waals surface area (Å²) in [6.07, 6.45) is -3.19. The molecule has 0 saturated heterocycles. The van der Waals surface area contributed by atoms with Gasteiger partial charge in [-0.1, -0.05) is 15.9 Å². The van der Waals surface area contributed by atoms with E-state index < -0.39 is 12.1 Å². The Morgan fingerprint density at radius 2 is 2.06 bits per heavy atom. The molecule has 0 saturated carbocycles. The zero-order valence-corrected chi connectivity index (χ0v) is 18.4. The average Bonchev–Trinajstić information content (AvgIpc) is 3.33. The van der Waals surface area contributed by atoms with Gasteiger partial charge in [0.1, 0.15) is 0 Å². The molecule has 0 amide bonds. The monoisotopic (exact) mass is 501 g/mol. The zero-order chi connectivity index (χ0) is 22.6. The Bertz CT molecular complexity index is 1030. The second-order valence-corrected chi connectivity index (χ2v) is 8.17. The van der Waals surface area contributed by atoms with Gasteiger partial charge in [-0.25, -0.2) is 4.79 Å². The summed E-state index contributed by atoms with van der Waals surface area (Å²) in [5.41, 5.74) is 3.74. The van der Waals surface area contributed by atoms with Crippen LogP contribution in [0.1, 0.15) is 24.4 Å². The number of carboxylic acids is 1. The van der Waals surface area contributed by atoms with Gasteiger partial charge in [0.25, 0.3) is 0 Å². The summed E-state index contributed by atoms with van der Waals surface area (Å²) in [6, 6.07) is 11.0. The molecular weight excluding hydrogens is 479 g/mol. The Morgan fingerprint density at radius 1 is 1.32 bits per heavy atom. The van der Waals surface area contributed by atoms with Gasteiger partial charge < -0.3 is 15.4 Å². The summed E-state index contributed by atoms with van der Waals surface area (Å²) in [6.45, 7) is 7.32. The SMILES string of the molecule is CC(NCCN1CCn2nccc2C1)c1cc2cc(Br)ccc2[nH]1.O=C(O)C(F)(F)F. The topological polar surface area (TPSA) is 86.2 Å². The van der Waals surface area contributed by atoms with E-state index in [0.717, 1.165) is 37.2 Å². The van der Waals surface area contributed by atoms with Crippen molar-refractivity contribution in [1.82, 2.24) is 25.0 Å². The minimum atomic E-state index is -5.08. The van der Waals surface area contributed by atoms with Crippen LogP contribution in [0, 0.1) is 0 Å². The largest absolute Gasteiger partial charge is 0.490 e. The van der Waals surface area contributed by atoms with Crippen molar-refractivity contribution in [3.8, 4) is 0 Å². The number of aliphatic carboxylic acids is 1. The molecule has 1 aromatic carbocycles. The highest BCUT2D eigenvalue weighted by atomic mass is 79.9. The van der Waals surface area contributed by atoms with E-state index in [2.05, 4.69) is 78.2 Å². The van der Waals surface area contributed by atoms with Crippen molar-refractivity contribution < 1.29 is 23.1 Å². The summed E-state index contributed by atoms with van der Waals surface area (Å²) < 4.78 is 35.0. The third-order valence-corrected chi connectivity index (χ3v) is 5.50. The fraction of sp³-hybridized carbons (Fsp3) is 0.400. The minimum absolute atomic E-state index is 0.312. The maximum Gasteiger partial charge on any atom is 0.490 e. The van der Waals surface area contributed by atoms with Crippen LogP contribution in [-0.4, -0.2) is 56.6 Å². The van der Waals surface area contributed by atoms with Gasteiger partial charge in [0, 0.05) is 59.5 Å². The van der Waals surface area contributed by atoms with Gasteiger partial charge in [0.2, 0.25) is 0 Å². The van der Waals surface area contributed by atoms with E-state index in [1.807, 2.05) is 6.20 Å². The molecule has 0 fully saturated rings. The number of aromatic amines is 1. The van der Waals surface area contributed by atoms with Crippen LogP contribution in [0.25, 0.3) is 10.9 Å². The highest BCUT2D eigenvalue weighted by Crippen LogP contribution is 2.23. The zero-order valence-electron chi connectivity index (χ0n) is 16.8. The molecule has 7 nitrogen and oxygen atoms in total. The Labute approximate surface area is 185 Å². The Morgan fingerprint density at radius 3 is 2.77 bits per heavy atom. The molecular formula is C20H23BrF3N5O2. The molecule has 3 heterocycles. The van der Waals surface area contributed by atoms with Crippen LogP contribution in [0.15, 0.2) is 41.0 Å². The molecule has 1 unspecified atom stereocenters. The molecule has 31 heavy (non-hydrogen) atoms. The number of alkyl halides is 3. The maximum atomic E-state index is 10.6. The number of H-pyrrole nitrogens is 1. The van der Waals surface area contributed by atoms with Gasteiger partial charge in [-0.3, -0.25) is 9.58 Å². The molecule has 0 bridgehead atoms. The lowest BCUT2D eigenvalue weighted by Crippen LogP contribution is -2.38. The molecule has 1 aliphatic heterocycles. The number of aromatic nitrogens is 3. The van der Waals surface area contributed by atoms with Gasteiger partial charge in [-0.15, -0.1) is 0 Å². The number of halogens is 4. The van der Waals surface area contributed by atoms with E-state index >= 15 is 0 Å². The Balaban J connectivity index is 0.000000339. The van der Waals surface area contributed by atoms with Crippen LogP contribution >= 0.6 is 15.9 Å². The van der Waals surface area contributed by atoms with Gasteiger partial charge in [-0.2, -0.15) is 18.3 Å². The Hall–Kier alpha value is -2.37. The van der Waals surface area contributed by atoms with Crippen LogP contribution in [0.2, 0.25) is 0 Å². The molecule has 4 rings (SSSR count). The first-order valence-electron chi connectivity index (χ1n) is 9.68. The van der Waals surface area contributed by atoms with Crippen LogP contribution in [0.3, 0.4) is 0 Å². The average molecular weight is 502 g/mol. The van der Waals surface area contributed by atoms with Crippen molar-refractivity contribution in [2.75, 3.05) is 19.6 Å². The number of hydrogen-bond acceptors (Lipinski definition) is 4. The number of carbonyl (C=O) groups is 1. The first-order chi connectivity index (χ1) is 14.6. The second kappa shape index (κ2) is 9.84. The first-order valence-corrected chi connectivity index (χ1v) is 10.5. The predicted molar refractivity (Wildman–Crippen MR) is 114 cm³/mol. The summed E-state index contributed by atoms with van der Waals surface area (Å²) in [7, 11) is 0. The summed E-state index contributed by atoms with van der Waals surface area (Å²) in [4.78, 5) is 14.9. The number of fused-ring (bicyclic) bond motifs is 2. The van der Waals surface area contributed by atoms with Crippen molar-refractivity contribution in [3.05, 3.63) is 52.4 Å². The molecule has 0 aliphatic carbocycles. The third kappa shape index (κ3) is 6.31. The summed E-state index contributed by atoms with van der Waals surface area (Å²) in [5.74, 6) is -2.76. The predicted octanol–water partition coefficient (Wildman–Crippen LogP) is 3.93. The van der Waals surface area contributed by atoms with E-state index in [4.69, 9.17) is 9.90 Å². The molecule has 1 aliphatic rings. The highest BCUT2D eigenvalue weighted by Gasteiger charge is 2.38. The van der Waals surface area contributed by atoms with Crippen molar-refractivity contribution in [2.45, 2.75) is 32.2 Å². The number of carboxylic acid groups (broad SMARTS) is 1. The lowest BCUT2D eigenvalue weighted by Gasteiger charge is -2.28. The van der Waals surface area contributed by atoms with Crippen LogP contribution in [0.5, 0.6) is 0 Å². The molecule has 168 valence electrons. The molecule has 0 radical (unpaired) electrons. The molecule has 2 aromatic heterocycles. The van der Waals surface area contributed by atoms with E-state index in [0.29, 0.717) is 6.04 Å². The van der Waals surface area contributed by atoms with E-state index in [9.17, 15) is 13.2 Å². The van der Waals surface area contributed by atoms with Crippen LogP contribution in [0.4, 0.5) is 13.2 Å². The molecule has 0 spiro atoms. The number of hydrogen-bond donors (Lipinski definition) is 3. The maximum absolute atomic E-state index is 10.6. The number of rotatable bonds is 5. The van der Waals surface area contributed by atoms with Gasteiger partial charge in [-0.05, 0) is 37.3 Å². The van der Waals surface area contributed by atoms with Crippen molar-refractivity contribution in [1.29, 1.82) is 0 Å². The van der Waals surface area contributed by atoms with E-state index in [-0.39, 0.29) is 0 Å². The molecule has 3 aromatic rings. The van der Waals surface area contributed by atoms with Crippen molar-refractivity contribution in [2.24, 2.45) is 0 Å². The second-order valence-electron chi connectivity index (χ2n) is 7.26. The standard InChI is InChI=1S/C18H22BrN5.C2HF3O2/c1-13(18-11-14-10-15(19)2-3-17(14)22-18)20-6-7-23-8-9-24-16(12-23)4-5-21-24;3-2(4,5)1(6)7/h2-5,10-11,13,20,22H,6-9,12H2,1H3;(H,6,7). The molecule has 1 atom stereocenters. The van der Waals surface area contributed by atoms with E-state index in [1.165, 1.54) is 22.3 Å². The first kappa shape index (κ1) is 23.3. The summed E-state index contributed by atoms with van der Waals surface area (Å²) >= 11 is 3.53. The van der Waals surface area contributed by atoms with Crippen molar-refractivity contribution >= 4 is 32.8 Å². The van der Waals surface area contributed by atoms with Crippen molar-refractivity contribution in [3.63, 3.8) is 0 Å². The number of nitrogens with zero attached hydrogens (tertiary/aromatic N) is 3. The molecule has 3 N–H and O–H groups in total.